The molecule has 1 heterocycles. The van der Waals surface area contributed by atoms with E-state index < -0.39 is 0 Å². The summed E-state index contributed by atoms with van der Waals surface area (Å²) >= 11 is 0. The fraction of sp³-hybridized carbons (Fsp3) is 1.00. The van der Waals surface area contributed by atoms with Gasteiger partial charge in [0.2, 0.25) is 0 Å². The van der Waals surface area contributed by atoms with Crippen LogP contribution in [0.2, 0.25) is 0 Å². The summed E-state index contributed by atoms with van der Waals surface area (Å²) in [6.07, 6.45) is 5.63. The van der Waals surface area contributed by atoms with Crippen molar-refractivity contribution < 1.29 is 0 Å². The van der Waals surface area contributed by atoms with Crippen molar-refractivity contribution >= 4 is 0 Å². The van der Waals surface area contributed by atoms with E-state index in [-0.39, 0.29) is 0 Å². The maximum atomic E-state index is 2.69. The lowest BCUT2D eigenvalue weighted by Crippen LogP contribution is -2.53. The van der Waals surface area contributed by atoms with Gasteiger partial charge in [-0.25, -0.2) is 0 Å². The Hall–Kier alpha value is -0.0400. The molecule has 0 bridgehead atoms. The zero-order valence-corrected chi connectivity index (χ0v) is 10.7. The lowest BCUT2D eigenvalue weighted by Gasteiger charge is -2.47. The minimum atomic E-state index is 0.331. The topological polar surface area (TPSA) is 3.24 Å². The van der Waals surface area contributed by atoms with E-state index >= 15 is 0 Å². The van der Waals surface area contributed by atoms with Crippen LogP contribution in [0.4, 0.5) is 0 Å². The Kier molecular flexibility index (Phi) is 3.63. The van der Waals surface area contributed by atoms with Gasteiger partial charge in [-0.15, -0.1) is 0 Å². The predicted molar refractivity (Wildman–Crippen MR) is 63.6 cm³/mol. The molecule has 1 saturated heterocycles. The van der Waals surface area contributed by atoms with E-state index in [0.29, 0.717) is 11.0 Å². The number of hydrogen-bond donors (Lipinski definition) is 0. The van der Waals surface area contributed by atoms with Crippen LogP contribution in [-0.4, -0.2) is 23.5 Å². The summed E-state index contributed by atoms with van der Waals surface area (Å²) < 4.78 is 0. The molecule has 0 unspecified atom stereocenters. The van der Waals surface area contributed by atoms with E-state index in [0.717, 1.165) is 0 Å². The van der Waals surface area contributed by atoms with Crippen molar-refractivity contribution in [3.63, 3.8) is 0 Å². The van der Waals surface area contributed by atoms with Gasteiger partial charge in [0.15, 0.2) is 0 Å². The Bertz CT molecular complexity index is 168. The third-order valence-corrected chi connectivity index (χ3v) is 4.23. The van der Waals surface area contributed by atoms with Crippen LogP contribution in [0.25, 0.3) is 0 Å². The average Bonchev–Trinajstić information content (AvgIpc) is 2.29. The smallest absolute Gasteiger partial charge is 0.0201 e. The molecule has 0 radical (unpaired) electrons. The van der Waals surface area contributed by atoms with Crippen molar-refractivity contribution in [2.24, 2.45) is 5.41 Å². The normalized spacial score (nSPS) is 22.1. The summed E-state index contributed by atoms with van der Waals surface area (Å²) in [5.41, 5.74) is 0.703. The van der Waals surface area contributed by atoms with Gasteiger partial charge in [0.05, 0.1) is 0 Å². The van der Waals surface area contributed by atoms with Crippen LogP contribution < -0.4 is 0 Å². The standard InChI is InChI=1S/C13H27N/c1-12(2,3)13(4,5)14-10-8-6-7-9-11-14/h6-11H2,1-5H3. The molecule has 84 valence electrons. The number of hydrogen-bond acceptors (Lipinski definition) is 1. The molecule has 0 atom stereocenters. The summed E-state index contributed by atoms with van der Waals surface area (Å²) in [6, 6.07) is 0. The van der Waals surface area contributed by atoms with E-state index in [9.17, 15) is 0 Å². The van der Waals surface area contributed by atoms with Gasteiger partial charge in [-0.3, -0.25) is 4.90 Å². The molecular weight excluding hydrogens is 170 g/mol. The predicted octanol–water partition coefficient (Wildman–Crippen LogP) is 3.69. The molecule has 0 spiro atoms. The van der Waals surface area contributed by atoms with Crippen LogP contribution in [0.5, 0.6) is 0 Å². The van der Waals surface area contributed by atoms with Crippen LogP contribution in [0.3, 0.4) is 0 Å². The maximum Gasteiger partial charge on any atom is 0.0201 e. The molecule has 0 aromatic rings. The number of nitrogens with zero attached hydrogens (tertiary/aromatic N) is 1. The molecule has 0 aliphatic carbocycles. The summed E-state index contributed by atoms with van der Waals surface area (Å²) in [7, 11) is 0. The zero-order valence-electron chi connectivity index (χ0n) is 10.7. The summed E-state index contributed by atoms with van der Waals surface area (Å²) in [6.45, 7) is 14.5. The molecule has 14 heavy (non-hydrogen) atoms. The Morgan fingerprint density at radius 2 is 1.14 bits per heavy atom. The highest BCUT2D eigenvalue weighted by atomic mass is 15.2. The van der Waals surface area contributed by atoms with E-state index in [4.69, 9.17) is 0 Å². The van der Waals surface area contributed by atoms with Crippen molar-refractivity contribution in [3.8, 4) is 0 Å². The molecule has 1 rings (SSSR count). The molecular formula is C13H27N. The number of rotatable bonds is 1. The van der Waals surface area contributed by atoms with E-state index in [1.54, 1.807) is 0 Å². The summed E-state index contributed by atoms with van der Waals surface area (Å²) in [4.78, 5) is 2.69. The molecule has 1 heteroatoms. The summed E-state index contributed by atoms with van der Waals surface area (Å²) in [5, 5.41) is 0. The first-order chi connectivity index (χ1) is 6.36. The Morgan fingerprint density at radius 3 is 1.50 bits per heavy atom. The van der Waals surface area contributed by atoms with Gasteiger partial charge in [0.1, 0.15) is 0 Å². The van der Waals surface area contributed by atoms with Gasteiger partial charge in [0.25, 0.3) is 0 Å². The molecule has 1 nitrogen and oxygen atoms in total. The molecule has 0 aromatic carbocycles. The minimum absolute atomic E-state index is 0.331. The molecule has 0 saturated carbocycles. The van der Waals surface area contributed by atoms with Gasteiger partial charge in [-0.1, -0.05) is 33.6 Å². The quantitative estimate of drug-likeness (QED) is 0.620. The molecule has 1 fully saturated rings. The van der Waals surface area contributed by atoms with Crippen LogP contribution in [-0.2, 0) is 0 Å². The largest absolute Gasteiger partial charge is 0.298 e. The van der Waals surface area contributed by atoms with E-state index in [1.165, 1.54) is 38.8 Å². The van der Waals surface area contributed by atoms with Crippen LogP contribution in [0, 0.1) is 5.41 Å². The Labute approximate surface area is 89.9 Å². The maximum absolute atomic E-state index is 2.69. The second-order valence-electron chi connectivity index (χ2n) is 6.21. The second-order valence-corrected chi connectivity index (χ2v) is 6.21. The highest BCUT2D eigenvalue weighted by Crippen LogP contribution is 2.36. The fourth-order valence-electron chi connectivity index (χ4n) is 2.10. The van der Waals surface area contributed by atoms with Crippen molar-refractivity contribution in [2.45, 2.75) is 65.8 Å². The van der Waals surface area contributed by atoms with Crippen LogP contribution in [0.15, 0.2) is 0 Å². The zero-order chi connectivity index (χ0) is 10.8. The van der Waals surface area contributed by atoms with Crippen LogP contribution >= 0.6 is 0 Å². The minimum Gasteiger partial charge on any atom is -0.298 e. The Balaban J connectivity index is 2.69. The van der Waals surface area contributed by atoms with Crippen molar-refractivity contribution in [1.82, 2.24) is 4.90 Å². The van der Waals surface area contributed by atoms with E-state index in [2.05, 4.69) is 39.5 Å². The van der Waals surface area contributed by atoms with Gasteiger partial charge >= 0.3 is 0 Å². The van der Waals surface area contributed by atoms with E-state index in [1.807, 2.05) is 0 Å². The number of likely N-dealkylation sites (tertiary alicyclic amines) is 1. The SMILES string of the molecule is CC(C)(C)C(C)(C)N1CCCCCC1. The second kappa shape index (κ2) is 4.22. The monoisotopic (exact) mass is 197 g/mol. The highest BCUT2D eigenvalue weighted by molar-refractivity contribution is 4.92. The average molecular weight is 197 g/mol. The van der Waals surface area contributed by atoms with Crippen molar-refractivity contribution in [3.05, 3.63) is 0 Å². The lowest BCUT2D eigenvalue weighted by molar-refractivity contribution is 0.0245. The Morgan fingerprint density at radius 1 is 0.714 bits per heavy atom. The molecule has 0 amide bonds. The van der Waals surface area contributed by atoms with Crippen molar-refractivity contribution in [1.29, 1.82) is 0 Å². The third kappa shape index (κ3) is 2.50. The van der Waals surface area contributed by atoms with Gasteiger partial charge in [-0.05, 0) is 45.2 Å². The molecule has 0 N–H and O–H groups in total. The third-order valence-electron chi connectivity index (χ3n) is 4.23. The summed E-state index contributed by atoms with van der Waals surface area (Å²) in [5.74, 6) is 0. The van der Waals surface area contributed by atoms with Crippen molar-refractivity contribution in [2.75, 3.05) is 13.1 Å². The fourth-order valence-corrected chi connectivity index (χ4v) is 2.10. The lowest BCUT2D eigenvalue weighted by atomic mass is 9.75. The van der Waals surface area contributed by atoms with Gasteiger partial charge < -0.3 is 0 Å². The molecule has 1 aliphatic heterocycles. The van der Waals surface area contributed by atoms with Crippen LogP contribution in [0.1, 0.15) is 60.3 Å². The van der Waals surface area contributed by atoms with Gasteiger partial charge in [0, 0.05) is 5.54 Å². The molecule has 1 aliphatic rings. The first kappa shape index (κ1) is 12.0. The highest BCUT2D eigenvalue weighted by Gasteiger charge is 2.37. The first-order valence-electron chi connectivity index (χ1n) is 6.11. The first-order valence-corrected chi connectivity index (χ1v) is 6.11. The molecule has 0 aromatic heterocycles. The van der Waals surface area contributed by atoms with Gasteiger partial charge in [-0.2, -0.15) is 0 Å².